The van der Waals surface area contributed by atoms with E-state index in [1.54, 1.807) is 0 Å². The van der Waals surface area contributed by atoms with Gasteiger partial charge >= 0.3 is 0 Å². The molecule has 2 amide bonds. The number of carbonyl (C=O) groups is 2. The maximum Gasteiger partial charge on any atom is 0.257 e. The smallest absolute Gasteiger partial charge is 0.257 e. The number of rotatable bonds is 2. The summed E-state index contributed by atoms with van der Waals surface area (Å²) < 4.78 is 22.0. The Morgan fingerprint density at radius 3 is 3.11 bits per heavy atom. The summed E-state index contributed by atoms with van der Waals surface area (Å²) in [4.78, 5) is 28.7. The predicted molar refractivity (Wildman–Crippen MR) is 66.4 cm³/mol. The van der Waals surface area contributed by atoms with E-state index in [4.69, 9.17) is 15.7 Å². The van der Waals surface area contributed by atoms with Crippen LogP contribution in [-0.4, -0.2) is 28.7 Å². The van der Waals surface area contributed by atoms with Crippen LogP contribution in [0.5, 0.6) is 0 Å². The van der Waals surface area contributed by atoms with Crippen molar-refractivity contribution < 1.29 is 13.7 Å². The van der Waals surface area contributed by atoms with Crippen molar-refractivity contribution in [3.63, 3.8) is 0 Å². The summed E-state index contributed by atoms with van der Waals surface area (Å²) in [5.74, 6) is -0.534. The van der Waals surface area contributed by atoms with Gasteiger partial charge in [-0.2, -0.15) is 0 Å². The van der Waals surface area contributed by atoms with E-state index in [0.717, 1.165) is 17.7 Å². The van der Waals surface area contributed by atoms with Gasteiger partial charge in [0.05, 0.1) is 22.8 Å². The van der Waals surface area contributed by atoms with Gasteiger partial charge in [-0.1, -0.05) is 11.6 Å². The molecule has 0 spiro atoms. The lowest BCUT2D eigenvalue weighted by molar-refractivity contribution is -0.117. The van der Waals surface area contributed by atoms with Crippen LogP contribution in [0.25, 0.3) is 0 Å². The summed E-state index contributed by atoms with van der Waals surface area (Å²) in [6.45, 7) is -2.68. The molecule has 1 aliphatic heterocycles. The fourth-order valence-corrected chi connectivity index (χ4v) is 2.19. The highest BCUT2D eigenvalue weighted by atomic mass is 35.5. The van der Waals surface area contributed by atoms with Gasteiger partial charge in [-0.25, -0.2) is 4.98 Å². The van der Waals surface area contributed by atoms with Crippen LogP contribution in [0.15, 0.2) is 6.07 Å². The van der Waals surface area contributed by atoms with Gasteiger partial charge in [0.1, 0.15) is 5.82 Å². The summed E-state index contributed by atoms with van der Waals surface area (Å²) in [5, 5.41) is 2.74. The van der Waals surface area contributed by atoms with E-state index in [0.29, 0.717) is 0 Å². The molecule has 1 saturated carbocycles. The highest BCUT2D eigenvalue weighted by Crippen LogP contribution is 2.32. The van der Waals surface area contributed by atoms with E-state index in [-0.39, 0.29) is 40.5 Å². The first-order valence-corrected chi connectivity index (χ1v) is 5.97. The van der Waals surface area contributed by atoms with Crippen LogP contribution < -0.4 is 5.32 Å². The van der Waals surface area contributed by atoms with E-state index in [9.17, 15) is 9.59 Å². The average Bonchev–Trinajstić information content (AvgIpc) is 3.13. The van der Waals surface area contributed by atoms with Crippen LogP contribution in [0.2, 0.25) is 5.02 Å². The summed E-state index contributed by atoms with van der Waals surface area (Å²) in [7, 11) is 0. The molecular formula is C12H12ClN3O2. The number of hydrogen-bond donors (Lipinski definition) is 1. The Morgan fingerprint density at radius 2 is 2.44 bits per heavy atom. The van der Waals surface area contributed by atoms with Crippen molar-refractivity contribution in [2.24, 2.45) is 5.92 Å². The lowest BCUT2D eigenvalue weighted by Gasteiger charge is -2.06. The van der Waals surface area contributed by atoms with Gasteiger partial charge in [0.2, 0.25) is 5.91 Å². The molecule has 3 rings (SSSR count). The first kappa shape index (κ1) is 8.48. The second kappa shape index (κ2) is 3.95. The Morgan fingerprint density at radius 1 is 1.67 bits per heavy atom. The number of nitrogens with one attached hydrogen (secondary N) is 1. The third-order valence-electron chi connectivity index (χ3n) is 3.01. The second-order valence-electron chi connectivity index (χ2n) is 4.47. The Bertz CT molecular complexity index is 643. The van der Waals surface area contributed by atoms with E-state index in [2.05, 4.69) is 10.3 Å². The Kier molecular flexibility index (Phi) is 1.86. The third-order valence-corrected chi connectivity index (χ3v) is 3.31. The zero-order chi connectivity index (χ0) is 15.4. The number of fused-ring (bicyclic) bond motifs is 1. The maximum absolute atomic E-state index is 12.1. The first-order valence-electron chi connectivity index (χ1n) is 7.09. The molecule has 1 aliphatic carbocycles. The van der Waals surface area contributed by atoms with Crippen molar-refractivity contribution in [3.05, 3.63) is 22.3 Å². The average molecular weight is 269 g/mol. The molecule has 0 radical (unpaired) electrons. The largest absolute Gasteiger partial charge is 0.336 e. The number of hydrogen-bond acceptors (Lipinski definition) is 3. The topological polar surface area (TPSA) is 62.3 Å². The van der Waals surface area contributed by atoms with Gasteiger partial charge in [-0.15, -0.1) is 0 Å². The molecule has 0 aromatic carbocycles. The molecule has 1 aromatic rings. The van der Waals surface area contributed by atoms with Crippen molar-refractivity contribution in [1.29, 1.82) is 0 Å². The Labute approximate surface area is 113 Å². The molecule has 94 valence electrons. The van der Waals surface area contributed by atoms with Crippen LogP contribution in [0.4, 0.5) is 5.82 Å². The number of carbonyl (C=O) groups excluding carboxylic acids is 2. The highest BCUT2D eigenvalue weighted by molar-refractivity contribution is 6.34. The molecule has 1 aromatic heterocycles. The number of nitrogens with zero attached hydrogens (tertiary/aromatic N) is 2. The summed E-state index contributed by atoms with van der Waals surface area (Å²) >= 11 is 6.04. The zero-order valence-electron chi connectivity index (χ0n) is 12.4. The highest BCUT2D eigenvalue weighted by Gasteiger charge is 2.32. The molecule has 0 unspecified atom stereocenters. The maximum atomic E-state index is 12.1. The number of aromatic nitrogens is 1. The lowest BCUT2D eigenvalue weighted by Crippen LogP contribution is -2.17. The van der Waals surface area contributed by atoms with Gasteiger partial charge in [0, 0.05) is 23.1 Å². The first-order chi connectivity index (χ1) is 9.77. The minimum absolute atomic E-state index is 0.0133. The monoisotopic (exact) mass is 268 g/mol. The van der Waals surface area contributed by atoms with E-state index >= 15 is 0 Å². The molecule has 1 fully saturated rings. The molecule has 1 N–H and O–H groups in total. The predicted octanol–water partition coefficient (Wildman–Crippen LogP) is 1.67. The molecule has 5 nitrogen and oxygen atoms in total. The third kappa shape index (κ3) is 1.84. The van der Waals surface area contributed by atoms with Crippen LogP contribution in [0.3, 0.4) is 0 Å². The quantitative estimate of drug-likeness (QED) is 0.887. The van der Waals surface area contributed by atoms with Gasteiger partial charge < -0.3 is 10.2 Å². The van der Waals surface area contributed by atoms with Crippen LogP contribution in [-0.2, 0) is 11.3 Å². The van der Waals surface area contributed by atoms with Gasteiger partial charge in [0.25, 0.3) is 5.91 Å². The van der Waals surface area contributed by atoms with E-state index in [1.807, 2.05) is 0 Å². The number of anilines is 1. The van der Waals surface area contributed by atoms with E-state index in [1.165, 1.54) is 6.07 Å². The van der Waals surface area contributed by atoms with Crippen LogP contribution in [0, 0.1) is 5.92 Å². The molecule has 18 heavy (non-hydrogen) atoms. The number of halogens is 1. The SMILES string of the molecule is [2H]C([2H])([2H])N1Cc2nc(NC(=O)C3CC3)cc(Cl)c2C1=O. The minimum atomic E-state index is -2.54. The normalized spacial score (nSPS) is 21.1. The van der Waals surface area contributed by atoms with E-state index < -0.39 is 12.9 Å². The van der Waals surface area contributed by atoms with Crippen LogP contribution >= 0.6 is 11.6 Å². The standard InChI is InChI=1S/C12H12ClN3O2/c1-16-5-8-10(12(16)18)7(13)4-9(14-8)15-11(17)6-2-3-6/h4,6H,2-3,5H2,1H3,(H,14,15,17)/i1D3. The fraction of sp³-hybridized carbons (Fsp3) is 0.417. The fourth-order valence-electron chi connectivity index (χ4n) is 1.90. The molecule has 2 heterocycles. The van der Waals surface area contributed by atoms with Crippen molar-refractivity contribution in [3.8, 4) is 0 Å². The van der Waals surface area contributed by atoms with Crippen molar-refractivity contribution in [1.82, 2.24) is 9.88 Å². The summed E-state index contributed by atoms with van der Waals surface area (Å²) in [5.41, 5.74) is 0.368. The minimum Gasteiger partial charge on any atom is -0.336 e. The lowest BCUT2D eigenvalue weighted by atomic mass is 10.2. The van der Waals surface area contributed by atoms with Crippen molar-refractivity contribution in [2.75, 3.05) is 12.3 Å². The zero-order valence-corrected chi connectivity index (χ0v) is 10.1. The van der Waals surface area contributed by atoms with Crippen LogP contribution in [0.1, 0.15) is 33.0 Å². The number of pyridine rings is 1. The molecule has 0 saturated heterocycles. The molecule has 0 atom stereocenters. The molecular weight excluding hydrogens is 254 g/mol. The van der Waals surface area contributed by atoms with Gasteiger partial charge in [-0.3, -0.25) is 9.59 Å². The van der Waals surface area contributed by atoms with Crippen molar-refractivity contribution >= 4 is 29.2 Å². The molecule has 2 aliphatic rings. The van der Waals surface area contributed by atoms with Gasteiger partial charge in [0.15, 0.2) is 0 Å². The molecule has 0 bridgehead atoms. The summed E-state index contributed by atoms with van der Waals surface area (Å²) in [6, 6.07) is 1.38. The summed E-state index contributed by atoms with van der Waals surface area (Å²) in [6.07, 6.45) is 1.71. The molecule has 6 heteroatoms. The Hall–Kier alpha value is -1.62. The Balaban J connectivity index is 1.89. The van der Waals surface area contributed by atoms with Crippen molar-refractivity contribution in [2.45, 2.75) is 19.4 Å². The number of amides is 2. The second-order valence-corrected chi connectivity index (χ2v) is 4.87. The van der Waals surface area contributed by atoms with Gasteiger partial charge in [-0.05, 0) is 12.8 Å².